The van der Waals surface area contributed by atoms with Gasteiger partial charge in [0.15, 0.2) is 9.84 Å². The van der Waals surface area contributed by atoms with Crippen molar-refractivity contribution in [2.75, 3.05) is 18.8 Å². The molecule has 0 aromatic heterocycles. The maximum absolute atomic E-state index is 12.0. The molecule has 5 nitrogen and oxygen atoms in total. The van der Waals surface area contributed by atoms with Crippen LogP contribution in [-0.4, -0.2) is 33.2 Å². The molecule has 1 aliphatic heterocycles. The molecule has 0 spiro atoms. The highest BCUT2D eigenvalue weighted by Gasteiger charge is 2.33. The summed E-state index contributed by atoms with van der Waals surface area (Å²) in [6.45, 7) is 5.22. The van der Waals surface area contributed by atoms with E-state index in [-0.39, 0.29) is 17.7 Å². The minimum absolute atomic E-state index is 0.00895. The molecule has 1 aromatic rings. The number of hydrogen-bond donors (Lipinski definition) is 2. The van der Waals surface area contributed by atoms with Gasteiger partial charge in [0.05, 0.1) is 10.6 Å². The molecule has 0 saturated heterocycles. The van der Waals surface area contributed by atoms with Gasteiger partial charge >= 0.3 is 0 Å². The molecular weight excluding hydrogens is 288 g/mol. The normalized spacial score (nSPS) is 19.5. The fourth-order valence-electron chi connectivity index (χ4n) is 2.39. The van der Waals surface area contributed by atoms with Gasteiger partial charge in [-0.2, -0.15) is 0 Å². The number of rotatable bonds is 6. The van der Waals surface area contributed by atoms with E-state index in [9.17, 15) is 13.2 Å². The molecule has 1 amide bonds. The maximum Gasteiger partial charge on any atom is 0.221 e. The molecule has 1 atom stereocenters. The lowest BCUT2D eigenvalue weighted by Gasteiger charge is -2.13. The van der Waals surface area contributed by atoms with E-state index in [4.69, 9.17) is 0 Å². The average Bonchev–Trinajstić information content (AvgIpc) is 2.69. The summed E-state index contributed by atoms with van der Waals surface area (Å²) in [5, 5.41) is 6.02. The van der Waals surface area contributed by atoms with Gasteiger partial charge in [-0.15, -0.1) is 0 Å². The Kier molecular flexibility index (Phi) is 5.00. The molecule has 0 fully saturated rings. The summed E-state index contributed by atoms with van der Waals surface area (Å²) >= 11 is 0. The second kappa shape index (κ2) is 6.58. The smallest absolute Gasteiger partial charge is 0.221 e. The molecule has 6 heteroatoms. The van der Waals surface area contributed by atoms with Crippen molar-refractivity contribution in [2.45, 2.75) is 31.2 Å². The van der Waals surface area contributed by atoms with Gasteiger partial charge in [0, 0.05) is 25.6 Å². The Labute approximate surface area is 126 Å². The van der Waals surface area contributed by atoms with Crippen LogP contribution in [0.1, 0.15) is 31.9 Å². The second-order valence-electron chi connectivity index (χ2n) is 5.77. The third-order valence-corrected chi connectivity index (χ3v) is 5.28. The second-order valence-corrected chi connectivity index (χ2v) is 7.78. The zero-order chi connectivity index (χ0) is 15.5. The van der Waals surface area contributed by atoms with E-state index in [2.05, 4.69) is 10.6 Å². The largest absolute Gasteiger partial charge is 0.356 e. The lowest BCUT2D eigenvalue weighted by molar-refractivity contribution is -0.121. The number of benzene rings is 1. The highest BCUT2D eigenvalue weighted by atomic mass is 32.2. The molecule has 0 saturated carbocycles. The summed E-state index contributed by atoms with van der Waals surface area (Å²) < 4.78 is 24.0. The Hall–Kier alpha value is -1.40. The molecular formula is C15H22N2O3S. The van der Waals surface area contributed by atoms with Crippen molar-refractivity contribution in [2.24, 2.45) is 5.92 Å². The van der Waals surface area contributed by atoms with Crippen molar-refractivity contribution in [1.29, 1.82) is 0 Å². The van der Waals surface area contributed by atoms with Crippen LogP contribution < -0.4 is 10.6 Å². The van der Waals surface area contributed by atoms with Gasteiger partial charge in [0.1, 0.15) is 0 Å². The molecule has 1 unspecified atom stereocenters. The molecule has 116 valence electrons. The monoisotopic (exact) mass is 310 g/mol. The SMILES string of the molecule is CC(C)CNC(=O)CCNC1CS(=O)(=O)c2ccccc21. The Balaban J connectivity index is 1.87. The third-order valence-electron chi connectivity index (χ3n) is 3.47. The van der Waals surface area contributed by atoms with Crippen molar-refractivity contribution in [3.63, 3.8) is 0 Å². The van der Waals surface area contributed by atoms with E-state index in [0.717, 1.165) is 5.56 Å². The Morgan fingerprint density at radius 1 is 1.33 bits per heavy atom. The first-order valence-electron chi connectivity index (χ1n) is 7.22. The predicted octanol–water partition coefficient (Wildman–Crippen LogP) is 1.27. The van der Waals surface area contributed by atoms with Gasteiger partial charge in [-0.1, -0.05) is 32.0 Å². The summed E-state index contributed by atoms with van der Waals surface area (Å²) in [4.78, 5) is 12.0. The first-order valence-corrected chi connectivity index (χ1v) is 8.87. The molecule has 21 heavy (non-hydrogen) atoms. The van der Waals surface area contributed by atoms with Crippen molar-refractivity contribution in [3.05, 3.63) is 29.8 Å². The summed E-state index contributed by atoms with van der Waals surface area (Å²) in [5.74, 6) is 0.485. The molecule has 1 aromatic carbocycles. The topological polar surface area (TPSA) is 75.3 Å². The zero-order valence-corrected chi connectivity index (χ0v) is 13.2. The number of sulfone groups is 1. The maximum atomic E-state index is 12.0. The first kappa shape index (κ1) is 16.0. The fourth-order valence-corrected chi connectivity index (χ4v) is 4.16. The van der Waals surface area contributed by atoms with Crippen LogP contribution in [0.15, 0.2) is 29.2 Å². The van der Waals surface area contributed by atoms with Gasteiger partial charge in [-0.25, -0.2) is 8.42 Å². The number of fused-ring (bicyclic) bond motifs is 1. The average molecular weight is 310 g/mol. The van der Waals surface area contributed by atoms with Crippen molar-refractivity contribution in [1.82, 2.24) is 10.6 Å². The minimum Gasteiger partial charge on any atom is -0.356 e. The van der Waals surface area contributed by atoms with E-state index < -0.39 is 9.84 Å². The van der Waals surface area contributed by atoms with Crippen LogP contribution in [0, 0.1) is 5.92 Å². The quantitative estimate of drug-likeness (QED) is 0.829. The number of hydrogen-bond acceptors (Lipinski definition) is 4. The van der Waals surface area contributed by atoms with Crippen molar-refractivity contribution >= 4 is 15.7 Å². The van der Waals surface area contributed by atoms with Crippen LogP contribution >= 0.6 is 0 Å². The van der Waals surface area contributed by atoms with Crippen LogP contribution in [0.2, 0.25) is 0 Å². The van der Waals surface area contributed by atoms with Crippen LogP contribution in [0.4, 0.5) is 0 Å². The summed E-state index contributed by atoms with van der Waals surface area (Å²) in [6, 6.07) is 6.82. The molecule has 2 rings (SSSR count). The highest BCUT2D eigenvalue weighted by Crippen LogP contribution is 2.32. The number of carbonyl (C=O) groups excluding carboxylic acids is 1. The van der Waals surface area contributed by atoms with Gasteiger partial charge in [-0.3, -0.25) is 4.79 Å². The summed E-state index contributed by atoms with van der Waals surface area (Å²) in [7, 11) is -3.19. The lowest BCUT2D eigenvalue weighted by Crippen LogP contribution is -2.32. The zero-order valence-electron chi connectivity index (χ0n) is 12.4. The lowest BCUT2D eigenvalue weighted by atomic mass is 10.1. The van der Waals surface area contributed by atoms with Crippen molar-refractivity contribution in [3.8, 4) is 0 Å². The van der Waals surface area contributed by atoms with Gasteiger partial charge < -0.3 is 10.6 Å². The minimum atomic E-state index is -3.19. The van der Waals surface area contributed by atoms with Crippen LogP contribution in [0.25, 0.3) is 0 Å². The van der Waals surface area contributed by atoms with E-state index >= 15 is 0 Å². The van der Waals surface area contributed by atoms with Crippen LogP contribution in [0.3, 0.4) is 0 Å². The van der Waals surface area contributed by atoms with Gasteiger partial charge in [-0.05, 0) is 17.5 Å². The van der Waals surface area contributed by atoms with Gasteiger partial charge in [0.2, 0.25) is 5.91 Å². The summed E-state index contributed by atoms with van der Waals surface area (Å²) in [5.41, 5.74) is 0.806. The fraction of sp³-hybridized carbons (Fsp3) is 0.533. The Morgan fingerprint density at radius 3 is 2.76 bits per heavy atom. The standard InChI is InChI=1S/C15H22N2O3S/c1-11(2)9-17-15(18)7-8-16-13-10-21(19,20)14-6-4-3-5-12(13)14/h3-6,11,13,16H,7-10H2,1-2H3,(H,17,18). The van der Waals surface area contributed by atoms with E-state index in [1.165, 1.54) is 0 Å². The number of amides is 1. The molecule has 1 aliphatic rings. The van der Waals surface area contributed by atoms with Crippen molar-refractivity contribution < 1.29 is 13.2 Å². The number of nitrogens with one attached hydrogen (secondary N) is 2. The third kappa shape index (κ3) is 4.04. The molecule has 0 aliphatic carbocycles. The molecule has 1 heterocycles. The van der Waals surface area contributed by atoms with E-state index in [1.807, 2.05) is 26.0 Å². The van der Waals surface area contributed by atoms with Crippen LogP contribution in [-0.2, 0) is 14.6 Å². The van der Waals surface area contributed by atoms with Crippen LogP contribution in [0.5, 0.6) is 0 Å². The summed E-state index contributed by atoms with van der Waals surface area (Å²) in [6.07, 6.45) is 0.353. The Morgan fingerprint density at radius 2 is 2.05 bits per heavy atom. The first-order chi connectivity index (χ1) is 9.90. The predicted molar refractivity (Wildman–Crippen MR) is 81.7 cm³/mol. The molecule has 0 bridgehead atoms. The van der Waals surface area contributed by atoms with Gasteiger partial charge in [0.25, 0.3) is 0 Å². The molecule has 0 radical (unpaired) electrons. The van der Waals surface area contributed by atoms with E-state index in [0.29, 0.717) is 30.3 Å². The highest BCUT2D eigenvalue weighted by molar-refractivity contribution is 7.91. The number of carbonyl (C=O) groups is 1. The Bertz CT molecular complexity index is 611. The van der Waals surface area contributed by atoms with E-state index in [1.54, 1.807) is 12.1 Å². The molecule has 2 N–H and O–H groups in total.